The van der Waals surface area contributed by atoms with Crippen molar-refractivity contribution < 1.29 is 23.9 Å². The van der Waals surface area contributed by atoms with E-state index in [0.29, 0.717) is 35.7 Å². The topological polar surface area (TPSA) is 120 Å². The Morgan fingerprint density at radius 2 is 1.72 bits per heavy atom. The molecule has 2 aromatic carbocycles. The van der Waals surface area contributed by atoms with E-state index in [1.807, 2.05) is 6.07 Å². The van der Waals surface area contributed by atoms with Gasteiger partial charge in [-0.3, -0.25) is 14.4 Å². The van der Waals surface area contributed by atoms with Crippen molar-refractivity contribution in [2.45, 2.75) is 0 Å². The molecule has 8 nitrogen and oxygen atoms in total. The van der Waals surface area contributed by atoms with Crippen LogP contribution in [0.2, 0.25) is 0 Å². The standard InChI is InChI=1S/C21H23N3O5/c1-28-18-13-15(7-9-17(18)29-14-19(22)25)8-10-20(26)23-11-12-24-21(27)16-5-3-2-4-6-16/h2-10,13H,11-12,14H2,1H3,(H2,22,25)(H,23,26)(H,24,27)/b10-8+. The number of nitrogens with one attached hydrogen (secondary N) is 2. The molecule has 0 aliphatic heterocycles. The molecule has 0 aliphatic carbocycles. The van der Waals surface area contributed by atoms with Crippen LogP contribution in [0, 0.1) is 0 Å². The summed E-state index contributed by atoms with van der Waals surface area (Å²) in [7, 11) is 1.47. The Morgan fingerprint density at radius 1 is 1.00 bits per heavy atom. The molecular weight excluding hydrogens is 374 g/mol. The van der Waals surface area contributed by atoms with Gasteiger partial charge in [-0.05, 0) is 35.9 Å². The van der Waals surface area contributed by atoms with Gasteiger partial charge in [0.2, 0.25) is 5.91 Å². The van der Waals surface area contributed by atoms with Crippen LogP contribution in [0.4, 0.5) is 0 Å². The second-order valence-corrected chi connectivity index (χ2v) is 5.91. The summed E-state index contributed by atoms with van der Waals surface area (Å²) in [5.41, 5.74) is 6.33. The maximum absolute atomic E-state index is 11.9. The van der Waals surface area contributed by atoms with Gasteiger partial charge < -0.3 is 25.8 Å². The molecule has 0 aromatic heterocycles. The first-order valence-corrected chi connectivity index (χ1v) is 8.88. The molecule has 29 heavy (non-hydrogen) atoms. The molecule has 2 rings (SSSR count). The van der Waals surface area contributed by atoms with E-state index in [-0.39, 0.29) is 18.4 Å². The molecule has 0 spiro atoms. The second-order valence-electron chi connectivity index (χ2n) is 5.91. The number of carbonyl (C=O) groups excluding carboxylic acids is 3. The number of methoxy groups -OCH3 is 1. The van der Waals surface area contributed by atoms with E-state index in [0.717, 1.165) is 0 Å². The molecule has 152 valence electrons. The predicted octanol–water partition coefficient (Wildman–Crippen LogP) is 1.12. The van der Waals surface area contributed by atoms with Crippen LogP contribution in [-0.2, 0) is 9.59 Å². The Labute approximate surface area is 168 Å². The average molecular weight is 397 g/mol. The largest absolute Gasteiger partial charge is 0.493 e. The third-order valence-electron chi connectivity index (χ3n) is 3.73. The lowest BCUT2D eigenvalue weighted by Crippen LogP contribution is -2.33. The van der Waals surface area contributed by atoms with Crippen molar-refractivity contribution in [1.29, 1.82) is 0 Å². The fourth-order valence-corrected chi connectivity index (χ4v) is 2.34. The molecule has 3 amide bonds. The number of ether oxygens (including phenoxy) is 2. The van der Waals surface area contributed by atoms with Gasteiger partial charge >= 0.3 is 0 Å². The maximum Gasteiger partial charge on any atom is 0.255 e. The normalized spacial score (nSPS) is 10.4. The van der Waals surface area contributed by atoms with E-state index >= 15 is 0 Å². The fraction of sp³-hybridized carbons (Fsp3) is 0.190. The Bertz CT molecular complexity index is 881. The van der Waals surface area contributed by atoms with E-state index in [4.69, 9.17) is 15.2 Å². The number of amides is 3. The highest BCUT2D eigenvalue weighted by molar-refractivity contribution is 5.94. The molecule has 0 saturated heterocycles. The molecule has 0 saturated carbocycles. The molecule has 0 atom stereocenters. The van der Waals surface area contributed by atoms with E-state index in [1.54, 1.807) is 48.5 Å². The lowest BCUT2D eigenvalue weighted by molar-refractivity contribution is -0.120. The first-order chi connectivity index (χ1) is 14.0. The first kappa shape index (κ1) is 21.5. The summed E-state index contributed by atoms with van der Waals surface area (Å²) < 4.78 is 10.5. The summed E-state index contributed by atoms with van der Waals surface area (Å²) >= 11 is 0. The minimum absolute atomic E-state index is 0.193. The second kappa shape index (κ2) is 11.1. The zero-order chi connectivity index (χ0) is 21.1. The highest BCUT2D eigenvalue weighted by Crippen LogP contribution is 2.28. The van der Waals surface area contributed by atoms with Crippen LogP contribution < -0.4 is 25.8 Å². The van der Waals surface area contributed by atoms with Crippen molar-refractivity contribution in [3.63, 3.8) is 0 Å². The third kappa shape index (κ3) is 7.37. The molecule has 4 N–H and O–H groups in total. The Morgan fingerprint density at radius 3 is 2.41 bits per heavy atom. The van der Waals surface area contributed by atoms with Gasteiger partial charge in [-0.1, -0.05) is 24.3 Å². The van der Waals surface area contributed by atoms with Crippen molar-refractivity contribution in [3.05, 3.63) is 65.7 Å². The molecule has 2 aromatic rings. The van der Waals surface area contributed by atoms with Crippen molar-refractivity contribution >= 4 is 23.8 Å². The third-order valence-corrected chi connectivity index (χ3v) is 3.73. The highest BCUT2D eigenvalue weighted by Gasteiger charge is 2.07. The summed E-state index contributed by atoms with van der Waals surface area (Å²) in [6.45, 7) is 0.354. The quantitative estimate of drug-likeness (QED) is 0.410. The lowest BCUT2D eigenvalue weighted by Gasteiger charge is -2.10. The number of carbonyl (C=O) groups is 3. The summed E-state index contributed by atoms with van der Waals surface area (Å²) in [5.74, 6) is -0.291. The van der Waals surface area contributed by atoms with Crippen LogP contribution in [0.1, 0.15) is 15.9 Å². The molecular formula is C21H23N3O5. The maximum atomic E-state index is 11.9. The molecule has 8 heteroatoms. The van der Waals surface area contributed by atoms with Gasteiger partial charge in [0, 0.05) is 24.7 Å². The van der Waals surface area contributed by atoms with Crippen LogP contribution >= 0.6 is 0 Å². The molecule has 0 bridgehead atoms. The fourth-order valence-electron chi connectivity index (χ4n) is 2.34. The van der Waals surface area contributed by atoms with E-state index in [1.165, 1.54) is 13.2 Å². The van der Waals surface area contributed by atoms with E-state index < -0.39 is 5.91 Å². The minimum Gasteiger partial charge on any atom is -0.493 e. The van der Waals surface area contributed by atoms with Crippen molar-refractivity contribution in [2.75, 3.05) is 26.8 Å². The molecule has 0 fully saturated rings. The molecule has 0 radical (unpaired) electrons. The monoisotopic (exact) mass is 397 g/mol. The number of primary amides is 1. The Balaban J connectivity index is 1.79. The van der Waals surface area contributed by atoms with Gasteiger partial charge in [0.1, 0.15) is 0 Å². The van der Waals surface area contributed by atoms with Gasteiger partial charge in [0.05, 0.1) is 7.11 Å². The van der Waals surface area contributed by atoms with Crippen molar-refractivity contribution in [2.24, 2.45) is 5.73 Å². The summed E-state index contributed by atoms with van der Waals surface area (Å²) in [5, 5.41) is 5.41. The summed E-state index contributed by atoms with van der Waals surface area (Å²) in [4.78, 5) is 34.6. The number of benzene rings is 2. The van der Waals surface area contributed by atoms with Gasteiger partial charge in [0.15, 0.2) is 18.1 Å². The van der Waals surface area contributed by atoms with Crippen molar-refractivity contribution in [1.82, 2.24) is 10.6 Å². The van der Waals surface area contributed by atoms with Crippen molar-refractivity contribution in [3.8, 4) is 11.5 Å². The van der Waals surface area contributed by atoms with E-state index in [2.05, 4.69) is 10.6 Å². The summed E-state index contributed by atoms with van der Waals surface area (Å²) in [6.07, 6.45) is 2.98. The molecule has 0 unspecified atom stereocenters. The van der Waals surface area contributed by atoms with Crippen LogP contribution in [0.15, 0.2) is 54.6 Å². The molecule has 0 aliphatic rings. The average Bonchev–Trinajstić information content (AvgIpc) is 2.74. The van der Waals surface area contributed by atoms with Crippen LogP contribution in [0.3, 0.4) is 0 Å². The highest BCUT2D eigenvalue weighted by atomic mass is 16.5. The number of hydrogen-bond acceptors (Lipinski definition) is 5. The Hall–Kier alpha value is -3.81. The first-order valence-electron chi connectivity index (χ1n) is 8.88. The van der Waals surface area contributed by atoms with E-state index in [9.17, 15) is 14.4 Å². The van der Waals surface area contributed by atoms with Crippen LogP contribution in [0.25, 0.3) is 6.08 Å². The van der Waals surface area contributed by atoms with Gasteiger partial charge in [-0.25, -0.2) is 0 Å². The lowest BCUT2D eigenvalue weighted by atomic mass is 10.2. The number of rotatable bonds is 10. The Kier molecular flexibility index (Phi) is 8.25. The zero-order valence-corrected chi connectivity index (χ0v) is 16.0. The SMILES string of the molecule is COc1cc(/C=C/C(=O)NCCNC(=O)c2ccccc2)ccc1OCC(N)=O. The zero-order valence-electron chi connectivity index (χ0n) is 16.0. The molecule has 0 heterocycles. The number of nitrogens with two attached hydrogens (primary N) is 1. The van der Waals surface area contributed by atoms with Crippen LogP contribution in [-0.4, -0.2) is 44.5 Å². The minimum atomic E-state index is -0.590. The van der Waals surface area contributed by atoms with Gasteiger partial charge in [0.25, 0.3) is 11.8 Å². The number of hydrogen-bond donors (Lipinski definition) is 3. The smallest absolute Gasteiger partial charge is 0.255 e. The van der Waals surface area contributed by atoms with Gasteiger partial charge in [-0.15, -0.1) is 0 Å². The predicted molar refractivity (Wildman–Crippen MR) is 109 cm³/mol. The van der Waals surface area contributed by atoms with Crippen LogP contribution in [0.5, 0.6) is 11.5 Å². The summed E-state index contributed by atoms with van der Waals surface area (Å²) in [6, 6.07) is 13.8. The van der Waals surface area contributed by atoms with Gasteiger partial charge in [-0.2, -0.15) is 0 Å².